The number of benzene rings is 4. The van der Waals surface area contributed by atoms with Crippen LogP contribution in [0.2, 0.25) is 0 Å². The molecule has 0 aliphatic rings. The van der Waals surface area contributed by atoms with Crippen molar-refractivity contribution in [1.82, 2.24) is 9.66 Å². The molecule has 0 unspecified atom stereocenters. The van der Waals surface area contributed by atoms with Crippen molar-refractivity contribution in [1.29, 1.82) is 0 Å². The van der Waals surface area contributed by atoms with Gasteiger partial charge in [-0.1, -0.05) is 58.4 Å². The summed E-state index contributed by atoms with van der Waals surface area (Å²) in [5, 5.41) is 5.97. The molecular formula is C32H23BrIN3O4. The summed E-state index contributed by atoms with van der Waals surface area (Å²) in [5.74, 6) is 2.02. The fourth-order valence-corrected chi connectivity index (χ4v) is 5.45. The van der Waals surface area contributed by atoms with E-state index >= 15 is 0 Å². The van der Waals surface area contributed by atoms with Crippen LogP contribution in [0.25, 0.3) is 33.5 Å². The maximum atomic E-state index is 13.6. The van der Waals surface area contributed by atoms with Crippen LogP contribution in [-0.2, 0) is 6.61 Å². The maximum absolute atomic E-state index is 13.6. The molecule has 0 amide bonds. The predicted octanol–water partition coefficient (Wildman–Crippen LogP) is 8.04. The highest BCUT2D eigenvalue weighted by Crippen LogP contribution is 2.35. The van der Waals surface area contributed by atoms with E-state index in [0.29, 0.717) is 52.8 Å². The van der Waals surface area contributed by atoms with E-state index in [1.54, 1.807) is 18.3 Å². The lowest BCUT2D eigenvalue weighted by Crippen LogP contribution is -2.20. The van der Waals surface area contributed by atoms with Crippen molar-refractivity contribution in [3.05, 3.63) is 121 Å². The lowest BCUT2D eigenvalue weighted by atomic mass is 10.2. The van der Waals surface area contributed by atoms with Gasteiger partial charge in [0.25, 0.3) is 5.56 Å². The third-order valence-electron chi connectivity index (χ3n) is 6.35. The Labute approximate surface area is 257 Å². The number of rotatable bonds is 8. The molecule has 204 valence electrons. The van der Waals surface area contributed by atoms with Crippen molar-refractivity contribution in [3.8, 4) is 23.1 Å². The molecule has 2 aromatic heterocycles. The molecule has 0 atom stereocenters. The summed E-state index contributed by atoms with van der Waals surface area (Å²) in [4.78, 5) is 18.4. The van der Waals surface area contributed by atoms with Gasteiger partial charge in [-0.05, 0) is 89.2 Å². The van der Waals surface area contributed by atoms with Gasteiger partial charge in [0.05, 0.1) is 27.3 Å². The Hall–Kier alpha value is -3.96. The van der Waals surface area contributed by atoms with Crippen LogP contribution in [0.4, 0.5) is 0 Å². The first-order chi connectivity index (χ1) is 20.0. The van der Waals surface area contributed by atoms with E-state index in [0.717, 1.165) is 24.6 Å². The van der Waals surface area contributed by atoms with E-state index in [1.165, 1.54) is 4.68 Å². The molecular weight excluding hydrogens is 697 g/mol. The molecule has 0 radical (unpaired) electrons. The van der Waals surface area contributed by atoms with Crippen molar-refractivity contribution in [2.24, 2.45) is 5.10 Å². The third kappa shape index (κ3) is 5.77. The van der Waals surface area contributed by atoms with Gasteiger partial charge in [0.2, 0.25) is 5.82 Å². The van der Waals surface area contributed by atoms with Gasteiger partial charge in [-0.25, -0.2) is 4.98 Å². The zero-order chi connectivity index (χ0) is 28.3. The van der Waals surface area contributed by atoms with E-state index in [4.69, 9.17) is 18.9 Å². The molecule has 0 saturated heterocycles. The summed E-state index contributed by atoms with van der Waals surface area (Å²) in [6.45, 7) is 2.79. The monoisotopic (exact) mass is 719 g/mol. The molecule has 0 aliphatic carbocycles. The van der Waals surface area contributed by atoms with E-state index < -0.39 is 0 Å². The lowest BCUT2D eigenvalue weighted by Gasteiger charge is -2.15. The number of ether oxygens (including phenoxy) is 2. The Morgan fingerprint density at radius 2 is 1.78 bits per heavy atom. The molecule has 6 aromatic rings. The standard InChI is InChI=1S/C32H23BrIN3O4/c1-2-39-28-16-21(15-25(34)30(28)40-19-20-11-13-23(33)14-12-20)18-35-37-31(29-17-22-7-3-6-10-27(22)41-29)36-26-9-5-4-8-24(26)32(37)38/h3-18H,2,19H2,1H3. The largest absolute Gasteiger partial charge is 0.490 e. The first-order valence-corrected chi connectivity index (χ1v) is 14.8. The molecule has 0 bridgehead atoms. The summed E-state index contributed by atoms with van der Waals surface area (Å²) >= 11 is 5.69. The number of furan rings is 1. The Morgan fingerprint density at radius 1 is 1.00 bits per heavy atom. The smallest absolute Gasteiger partial charge is 0.282 e. The summed E-state index contributed by atoms with van der Waals surface area (Å²) < 4.78 is 21.3. The molecule has 0 spiro atoms. The van der Waals surface area contributed by atoms with Gasteiger partial charge < -0.3 is 13.9 Å². The highest BCUT2D eigenvalue weighted by atomic mass is 127. The SMILES string of the molecule is CCOc1cc(C=Nn2c(-c3cc4ccccc4o3)nc3ccccc3c2=O)cc(I)c1OCc1ccc(Br)cc1. The summed E-state index contributed by atoms with van der Waals surface area (Å²) in [6, 6.07) is 28.5. The van der Waals surface area contributed by atoms with Crippen LogP contribution in [0.3, 0.4) is 0 Å². The quantitative estimate of drug-likeness (QED) is 0.118. The Balaban J connectivity index is 1.39. The second kappa shape index (κ2) is 11.9. The average molecular weight is 720 g/mol. The number of halogens is 2. The number of fused-ring (bicyclic) bond motifs is 2. The number of hydrogen-bond acceptors (Lipinski definition) is 6. The van der Waals surface area contributed by atoms with Gasteiger partial charge in [-0.2, -0.15) is 9.78 Å². The van der Waals surface area contributed by atoms with Gasteiger partial charge in [-0.3, -0.25) is 4.79 Å². The maximum Gasteiger partial charge on any atom is 0.282 e. The van der Waals surface area contributed by atoms with Gasteiger partial charge >= 0.3 is 0 Å². The lowest BCUT2D eigenvalue weighted by molar-refractivity contribution is 0.267. The molecule has 9 heteroatoms. The van der Waals surface area contributed by atoms with Crippen LogP contribution < -0.4 is 15.0 Å². The molecule has 0 aliphatic heterocycles. The number of nitrogens with zero attached hydrogens (tertiary/aromatic N) is 3. The highest BCUT2D eigenvalue weighted by molar-refractivity contribution is 14.1. The van der Waals surface area contributed by atoms with Gasteiger partial charge in [0.15, 0.2) is 17.3 Å². The summed E-state index contributed by atoms with van der Waals surface area (Å²) in [6.07, 6.45) is 1.62. The zero-order valence-corrected chi connectivity index (χ0v) is 25.6. The van der Waals surface area contributed by atoms with Crippen LogP contribution in [-0.4, -0.2) is 22.5 Å². The molecule has 7 nitrogen and oxygen atoms in total. The minimum Gasteiger partial charge on any atom is -0.490 e. The Kier molecular flexibility index (Phi) is 7.89. The second-order valence-corrected chi connectivity index (χ2v) is 11.2. The first-order valence-electron chi connectivity index (χ1n) is 12.9. The van der Waals surface area contributed by atoms with Crippen LogP contribution in [0.15, 0.2) is 110 Å². The van der Waals surface area contributed by atoms with Gasteiger partial charge in [0.1, 0.15) is 12.2 Å². The molecule has 2 heterocycles. The molecule has 0 fully saturated rings. The van der Waals surface area contributed by atoms with Gasteiger partial charge in [0, 0.05) is 9.86 Å². The summed E-state index contributed by atoms with van der Waals surface area (Å²) in [5.41, 5.74) is 2.76. The molecule has 4 aromatic carbocycles. The minimum absolute atomic E-state index is 0.295. The van der Waals surface area contributed by atoms with Crippen molar-refractivity contribution < 1.29 is 13.9 Å². The number of para-hydroxylation sites is 2. The predicted molar refractivity (Wildman–Crippen MR) is 173 cm³/mol. The Bertz CT molecular complexity index is 1930. The summed E-state index contributed by atoms with van der Waals surface area (Å²) in [7, 11) is 0. The van der Waals surface area contributed by atoms with Crippen LogP contribution >= 0.6 is 38.5 Å². The normalized spacial score (nSPS) is 11.5. The van der Waals surface area contributed by atoms with E-state index in [1.807, 2.05) is 85.8 Å². The molecule has 6 rings (SSSR count). The zero-order valence-electron chi connectivity index (χ0n) is 21.9. The fourth-order valence-electron chi connectivity index (χ4n) is 4.41. The van der Waals surface area contributed by atoms with Crippen molar-refractivity contribution >= 4 is 66.6 Å². The van der Waals surface area contributed by atoms with Crippen molar-refractivity contribution in [3.63, 3.8) is 0 Å². The average Bonchev–Trinajstić information content (AvgIpc) is 3.42. The van der Waals surface area contributed by atoms with Gasteiger partial charge in [-0.15, -0.1) is 0 Å². The van der Waals surface area contributed by atoms with E-state index in [-0.39, 0.29) is 5.56 Å². The molecule has 41 heavy (non-hydrogen) atoms. The number of hydrogen-bond donors (Lipinski definition) is 0. The fraction of sp³-hybridized carbons (Fsp3) is 0.0938. The first kappa shape index (κ1) is 27.2. The second-order valence-electron chi connectivity index (χ2n) is 9.14. The van der Waals surface area contributed by atoms with Crippen LogP contribution in [0.5, 0.6) is 11.5 Å². The van der Waals surface area contributed by atoms with Crippen LogP contribution in [0.1, 0.15) is 18.1 Å². The highest BCUT2D eigenvalue weighted by Gasteiger charge is 2.17. The molecule has 0 N–H and O–H groups in total. The Morgan fingerprint density at radius 3 is 2.59 bits per heavy atom. The van der Waals surface area contributed by atoms with Crippen molar-refractivity contribution in [2.75, 3.05) is 6.61 Å². The van der Waals surface area contributed by atoms with Crippen LogP contribution in [0, 0.1) is 3.57 Å². The van der Waals surface area contributed by atoms with E-state index in [9.17, 15) is 4.79 Å². The van der Waals surface area contributed by atoms with Crippen molar-refractivity contribution in [2.45, 2.75) is 13.5 Å². The third-order valence-corrected chi connectivity index (χ3v) is 7.68. The molecule has 0 saturated carbocycles. The topological polar surface area (TPSA) is 78.9 Å². The van der Waals surface area contributed by atoms with E-state index in [2.05, 4.69) is 43.6 Å². The minimum atomic E-state index is -0.295. The number of aromatic nitrogens is 2.